The molecule has 23 heavy (non-hydrogen) atoms. The molecule has 0 spiro atoms. The Morgan fingerprint density at radius 2 is 2.35 bits per heavy atom. The summed E-state index contributed by atoms with van der Waals surface area (Å²) in [6, 6.07) is 5.65. The van der Waals surface area contributed by atoms with Gasteiger partial charge in [-0.3, -0.25) is 4.79 Å². The van der Waals surface area contributed by atoms with Gasteiger partial charge < -0.3 is 10.1 Å². The molecule has 1 saturated heterocycles. The van der Waals surface area contributed by atoms with Crippen molar-refractivity contribution in [3.63, 3.8) is 0 Å². The summed E-state index contributed by atoms with van der Waals surface area (Å²) >= 11 is 0. The minimum Gasteiger partial charge on any atom is -0.376 e. The second-order valence-corrected chi connectivity index (χ2v) is 6.04. The lowest BCUT2D eigenvalue weighted by atomic mass is 10.1. The smallest absolute Gasteiger partial charge is 0.254 e. The summed E-state index contributed by atoms with van der Waals surface area (Å²) in [5.41, 5.74) is 1.47. The molecule has 1 amide bonds. The van der Waals surface area contributed by atoms with Crippen molar-refractivity contribution in [3.05, 3.63) is 41.9 Å². The van der Waals surface area contributed by atoms with E-state index in [-0.39, 0.29) is 17.9 Å². The van der Waals surface area contributed by atoms with E-state index in [2.05, 4.69) is 15.4 Å². The third-order valence-corrected chi connectivity index (χ3v) is 3.98. The quantitative estimate of drug-likeness (QED) is 0.919. The van der Waals surface area contributed by atoms with E-state index < -0.39 is 0 Å². The zero-order chi connectivity index (χ0) is 16.2. The van der Waals surface area contributed by atoms with Crippen LogP contribution < -0.4 is 5.32 Å². The molecule has 1 unspecified atom stereocenters. The molecule has 0 saturated carbocycles. The Bertz CT molecular complexity index is 660. The maximum atomic E-state index is 12.5. The second-order valence-electron chi connectivity index (χ2n) is 6.04. The number of carbonyl (C=O) groups is 1. The summed E-state index contributed by atoms with van der Waals surface area (Å²) < 4.78 is 7.29. The maximum absolute atomic E-state index is 12.5. The number of rotatable bonds is 5. The van der Waals surface area contributed by atoms with Crippen LogP contribution in [0.15, 0.2) is 30.6 Å². The molecule has 1 N–H and O–H groups in total. The van der Waals surface area contributed by atoms with Crippen LogP contribution in [0, 0.1) is 0 Å². The number of pyridine rings is 1. The van der Waals surface area contributed by atoms with Crippen LogP contribution >= 0.6 is 0 Å². The Hall–Kier alpha value is -2.21. The van der Waals surface area contributed by atoms with Crippen LogP contribution in [0.1, 0.15) is 48.7 Å². The SMILES string of the molecule is CC(C)c1c(C(=O)NCC2CCCO2)cnn1-c1ccccn1. The molecule has 1 aliphatic heterocycles. The summed E-state index contributed by atoms with van der Waals surface area (Å²) in [4.78, 5) is 16.9. The minimum atomic E-state index is -0.105. The van der Waals surface area contributed by atoms with Gasteiger partial charge in [0, 0.05) is 19.3 Å². The molecular weight excluding hydrogens is 292 g/mol. The number of aromatic nitrogens is 3. The summed E-state index contributed by atoms with van der Waals surface area (Å²) in [6.07, 6.45) is 5.54. The summed E-state index contributed by atoms with van der Waals surface area (Å²) in [5, 5.41) is 7.33. The van der Waals surface area contributed by atoms with E-state index in [4.69, 9.17) is 4.74 Å². The van der Waals surface area contributed by atoms with Gasteiger partial charge in [-0.25, -0.2) is 9.67 Å². The molecule has 122 valence electrons. The second kappa shape index (κ2) is 6.91. The highest BCUT2D eigenvalue weighted by molar-refractivity contribution is 5.95. The molecule has 6 nitrogen and oxygen atoms in total. The van der Waals surface area contributed by atoms with Crippen molar-refractivity contribution in [1.82, 2.24) is 20.1 Å². The molecule has 1 fully saturated rings. The van der Waals surface area contributed by atoms with Gasteiger partial charge in [0.25, 0.3) is 5.91 Å². The van der Waals surface area contributed by atoms with Crippen LogP contribution in [-0.4, -0.2) is 39.9 Å². The zero-order valence-electron chi connectivity index (χ0n) is 13.5. The molecule has 0 radical (unpaired) electrons. The lowest BCUT2D eigenvalue weighted by Gasteiger charge is -2.13. The third kappa shape index (κ3) is 3.42. The van der Waals surface area contributed by atoms with Gasteiger partial charge in [-0.1, -0.05) is 19.9 Å². The van der Waals surface area contributed by atoms with E-state index in [1.54, 1.807) is 17.1 Å². The first-order valence-corrected chi connectivity index (χ1v) is 8.06. The third-order valence-electron chi connectivity index (χ3n) is 3.98. The monoisotopic (exact) mass is 314 g/mol. The van der Waals surface area contributed by atoms with Crippen LogP contribution in [0.3, 0.4) is 0 Å². The Kier molecular flexibility index (Phi) is 4.71. The number of nitrogens with one attached hydrogen (secondary N) is 1. The average Bonchev–Trinajstić information content (AvgIpc) is 3.22. The molecule has 2 aromatic heterocycles. The van der Waals surface area contributed by atoms with Gasteiger partial charge in [0.05, 0.1) is 23.6 Å². The lowest BCUT2D eigenvalue weighted by molar-refractivity contribution is 0.0856. The lowest BCUT2D eigenvalue weighted by Crippen LogP contribution is -2.32. The van der Waals surface area contributed by atoms with Crippen LogP contribution in [0.25, 0.3) is 5.82 Å². The Morgan fingerprint density at radius 1 is 1.48 bits per heavy atom. The summed E-state index contributed by atoms with van der Waals surface area (Å²) in [5.74, 6) is 0.767. The van der Waals surface area contributed by atoms with Crippen LogP contribution in [0.4, 0.5) is 0 Å². The number of nitrogens with zero attached hydrogens (tertiary/aromatic N) is 3. The van der Waals surface area contributed by atoms with Crippen LogP contribution in [0.2, 0.25) is 0 Å². The van der Waals surface area contributed by atoms with Gasteiger partial charge in [0.15, 0.2) is 5.82 Å². The number of hydrogen-bond donors (Lipinski definition) is 1. The molecule has 1 atom stereocenters. The van der Waals surface area contributed by atoms with Gasteiger partial charge >= 0.3 is 0 Å². The van der Waals surface area contributed by atoms with E-state index in [1.165, 1.54) is 0 Å². The number of carbonyl (C=O) groups excluding carboxylic acids is 1. The average molecular weight is 314 g/mol. The fraction of sp³-hybridized carbons (Fsp3) is 0.471. The highest BCUT2D eigenvalue weighted by Crippen LogP contribution is 2.22. The molecule has 3 rings (SSSR count). The minimum absolute atomic E-state index is 0.105. The van der Waals surface area contributed by atoms with Gasteiger partial charge in [0.1, 0.15) is 0 Å². The summed E-state index contributed by atoms with van der Waals surface area (Å²) in [6.45, 7) is 5.43. The molecule has 2 aromatic rings. The van der Waals surface area contributed by atoms with Gasteiger partial charge in [-0.2, -0.15) is 5.10 Å². The van der Waals surface area contributed by atoms with Crippen LogP contribution in [-0.2, 0) is 4.74 Å². The fourth-order valence-electron chi connectivity index (χ4n) is 2.86. The highest BCUT2D eigenvalue weighted by atomic mass is 16.5. The van der Waals surface area contributed by atoms with E-state index in [0.29, 0.717) is 12.1 Å². The van der Waals surface area contributed by atoms with Crippen molar-refractivity contribution in [2.75, 3.05) is 13.2 Å². The predicted octanol–water partition coefficient (Wildman–Crippen LogP) is 2.30. The van der Waals surface area contributed by atoms with Crippen molar-refractivity contribution < 1.29 is 9.53 Å². The molecule has 0 bridgehead atoms. The Labute approximate surface area is 135 Å². The van der Waals surface area contributed by atoms with E-state index >= 15 is 0 Å². The Morgan fingerprint density at radius 3 is 3.00 bits per heavy atom. The predicted molar refractivity (Wildman–Crippen MR) is 86.8 cm³/mol. The topological polar surface area (TPSA) is 69.0 Å². The van der Waals surface area contributed by atoms with E-state index in [9.17, 15) is 4.79 Å². The number of amides is 1. The largest absolute Gasteiger partial charge is 0.376 e. The standard InChI is InChI=1S/C17H22N4O2/c1-12(2)16-14(17(22)19-10-13-6-5-9-23-13)11-20-21(16)15-7-3-4-8-18-15/h3-4,7-8,11-13H,5-6,9-10H2,1-2H3,(H,19,22). The van der Waals surface area contributed by atoms with Crippen molar-refractivity contribution >= 4 is 5.91 Å². The van der Waals surface area contributed by atoms with Gasteiger partial charge in [-0.05, 0) is 30.9 Å². The molecule has 0 aliphatic carbocycles. The van der Waals surface area contributed by atoms with Crippen molar-refractivity contribution in [2.24, 2.45) is 0 Å². The van der Waals surface area contributed by atoms with E-state index in [1.807, 2.05) is 32.0 Å². The fourth-order valence-corrected chi connectivity index (χ4v) is 2.86. The van der Waals surface area contributed by atoms with Gasteiger partial charge in [-0.15, -0.1) is 0 Å². The van der Waals surface area contributed by atoms with Crippen molar-refractivity contribution in [3.8, 4) is 5.82 Å². The zero-order valence-corrected chi connectivity index (χ0v) is 13.5. The summed E-state index contributed by atoms with van der Waals surface area (Å²) in [7, 11) is 0. The van der Waals surface area contributed by atoms with E-state index in [0.717, 1.165) is 31.0 Å². The van der Waals surface area contributed by atoms with Crippen molar-refractivity contribution in [2.45, 2.75) is 38.7 Å². The van der Waals surface area contributed by atoms with Crippen molar-refractivity contribution in [1.29, 1.82) is 0 Å². The number of ether oxygens (including phenoxy) is 1. The normalized spacial score (nSPS) is 17.6. The number of hydrogen-bond acceptors (Lipinski definition) is 4. The molecule has 1 aliphatic rings. The van der Waals surface area contributed by atoms with Gasteiger partial charge in [0.2, 0.25) is 0 Å². The highest BCUT2D eigenvalue weighted by Gasteiger charge is 2.23. The molecule has 6 heteroatoms. The maximum Gasteiger partial charge on any atom is 0.254 e. The molecular formula is C17H22N4O2. The first-order valence-electron chi connectivity index (χ1n) is 8.06. The first kappa shape index (κ1) is 15.7. The molecule has 0 aromatic carbocycles. The van der Waals surface area contributed by atoms with Crippen LogP contribution in [0.5, 0.6) is 0 Å². The molecule has 3 heterocycles. The first-order chi connectivity index (χ1) is 11.2. The Balaban J connectivity index is 1.81.